The Morgan fingerprint density at radius 1 is 0.744 bits per heavy atom. The van der Waals surface area contributed by atoms with Crippen LogP contribution in [0.15, 0.2) is 30.3 Å². The Balaban J connectivity index is 1.84. The summed E-state index contributed by atoms with van der Waals surface area (Å²) < 4.78 is 10.8. The Bertz CT molecular complexity index is 1280. The molecule has 0 amide bonds. The van der Waals surface area contributed by atoms with E-state index in [4.69, 9.17) is 9.47 Å². The van der Waals surface area contributed by atoms with E-state index in [-0.39, 0.29) is 66.2 Å². The highest BCUT2D eigenvalue weighted by atomic mass is 16.5. The summed E-state index contributed by atoms with van der Waals surface area (Å²) in [6.07, 6.45) is 1.27. The number of ketones is 2. The van der Waals surface area contributed by atoms with Gasteiger partial charge < -0.3 is 25.2 Å². The number of anilines is 2. The van der Waals surface area contributed by atoms with E-state index in [0.717, 1.165) is 0 Å². The molecule has 0 saturated carbocycles. The van der Waals surface area contributed by atoms with Crippen molar-refractivity contribution in [1.82, 2.24) is 0 Å². The number of hydrogen-bond donors (Lipinski definition) is 3. The molecule has 1 aliphatic rings. The van der Waals surface area contributed by atoms with Crippen LogP contribution in [0.5, 0.6) is 5.75 Å². The second-order valence-electron chi connectivity index (χ2n) is 10.9. The fourth-order valence-electron chi connectivity index (χ4n) is 3.93. The van der Waals surface area contributed by atoms with Crippen LogP contribution in [0.1, 0.15) is 86.2 Å². The van der Waals surface area contributed by atoms with E-state index >= 15 is 0 Å². The molecule has 0 heterocycles. The zero-order valence-corrected chi connectivity index (χ0v) is 23.5. The summed E-state index contributed by atoms with van der Waals surface area (Å²) in [6.45, 7) is 11.7. The fraction of sp³-hybridized carbons (Fsp3) is 0.467. The Morgan fingerprint density at radius 3 is 1.67 bits per heavy atom. The lowest BCUT2D eigenvalue weighted by Crippen LogP contribution is -2.29. The molecular formula is C30H38N2O7. The predicted molar refractivity (Wildman–Crippen MR) is 148 cm³/mol. The Labute approximate surface area is 229 Å². The number of phenols is 1. The molecule has 0 aromatic heterocycles. The van der Waals surface area contributed by atoms with Gasteiger partial charge in [-0.2, -0.15) is 0 Å². The predicted octanol–water partition coefficient (Wildman–Crippen LogP) is 4.95. The quantitative estimate of drug-likeness (QED) is 0.216. The molecular weight excluding hydrogens is 500 g/mol. The standard InChI is InChI=1S/C30H38N2O7/c1-7-29(3,4)27(36)38-16-14-31-19-12-13-20(32-15-17-39-28(37)30(5,6)8-2)24-23(19)25(34)18-10-9-11-21(33)22(18)26(24)35/h9-13,31-33H,7-8,14-17H2,1-6H3. The van der Waals surface area contributed by atoms with Crippen molar-refractivity contribution in [2.75, 3.05) is 36.9 Å². The first-order valence-corrected chi connectivity index (χ1v) is 13.3. The van der Waals surface area contributed by atoms with Crippen LogP contribution in [0.4, 0.5) is 11.4 Å². The van der Waals surface area contributed by atoms with Crippen molar-refractivity contribution in [3.05, 3.63) is 52.6 Å². The number of hydrogen-bond acceptors (Lipinski definition) is 9. The lowest BCUT2D eigenvalue weighted by Gasteiger charge is -2.25. The molecule has 0 spiro atoms. The summed E-state index contributed by atoms with van der Waals surface area (Å²) in [4.78, 5) is 51.7. The zero-order valence-electron chi connectivity index (χ0n) is 23.5. The second-order valence-corrected chi connectivity index (χ2v) is 10.9. The van der Waals surface area contributed by atoms with Gasteiger partial charge in [0.15, 0.2) is 11.6 Å². The zero-order chi connectivity index (χ0) is 29.0. The molecule has 0 bridgehead atoms. The van der Waals surface area contributed by atoms with Gasteiger partial charge in [0.2, 0.25) is 0 Å². The topological polar surface area (TPSA) is 131 Å². The number of fused-ring (bicyclic) bond motifs is 2. The van der Waals surface area contributed by atoms with E-state index in [2.05, 4.69) is 10.6 Å². The SMILES string of the molecule is CCC(C)(C)C(=O)OCCNc1ccc(NCCOC(=O)C(C)(C)CC)c2c1C(=O)c1cccc(O)c1C2=O. The molecule has 3 rings (SSSR count). The molecule has 210 valence electrons. The molecule has 9 nitrogen and oxygen atoms in total. The van der Waals surface area contributed by atoms with Gasteiger partial charge in [-0.05, 0) is 58.7 Å². The Kier molecular flexibility index (Phi) is 9.04. The number of carbonyl (C=O) groups is 4. The highest BCUT2D eigenvalue weighted by molar-refractivity contribution is 6.32. The number of phenolic OH excluding ortho intramolecular Hbond substituents is 1. The molecule has 2 aromatic rings. The van der Waals surface area contributed by atoms with E-state index in [1.807, 2.05) is 41.5 Å². The fourth-order valence-corrected chi connectivity index (χ4v) is 3.93. The van der Waals surface area contributed by atoms with Crippen molar-refractivity contribution in [3.8, 4) is 5.75 Å². The largest absolute Gasteiger partial charge is 0.507 e. The van der Waals surface area contributed by atoms with Crippen LogP contribution in [0, 0.1) is 10.8 Å². The van der Waals surface area contributed by atoms with Gasteiger partial charge in [-0.15, -0.1) is 0 Å². The smallest absolute Gasteiger partial charge is 0.311 e. The molecule has 0 atom stereocenters. The number of esters is 2. The summed E-state index contributed by atoms with van der Waals surface area (Å²) in [5.41, 5.74) is -0.0790. The Hall–Kier alpha value is -3.88. The van der Waals surface area contributed by atoms with Crippen molar-refractivity contribution in [1.29, 1.82) is 0 Å². The van der Waals surface area contributed by atoms with Gasteiger partial charge >= 0.3 is 11.9 Å². The molecule has 0 unspecified atom stereocenters. The van der Waals surface area contributed by atoms with E-state index in [1.165, 1.54) is 18.2 Å². The van der Waals surface area contributed by atoms with Gasteiger partial charge in [-0.1, -0.05) is 26.0 Å². The first-order valence-electron chi connectivity index (χ1n) is 13.3. The van der Waals surface area contributed by atoms with Crippen molar-refractivity contribution in [3.63, 3.8) is 0 Å². The summed E-state index contributed by atoms with van der Waals surface area (Å²) in [5, 5.41) is 16.6. The van der Waals surface area contributed by atoms with Crippen molar-refractivity contribution < 1.29 is 33.8 Å². The molecule has 39 heavy (non-hydrogen) atoms. The summed E-state index contributed by atoms with van der Waals surface area (Å²) in [5.74, 6) is -1.82. The number of benzene rings is 2. The molecule has 0 aliphatic heterocycles. The average Bonchev–Trinajstić information content (AvgIpc) is 2.91. The third-order valence-corrected chi connectivity index (χ3v) is 7.35. The van der Waals surface area contributed by atoms with Crippen LogP contribution in [0.2, 0.25) is 0 Å². The summed E-state index contributed by atoms with van der Waals surface area (Å²) >= 11 is 0. The second kappa shape index (κ2) is 11.9. The van der Waals surface area contributed by atoms with Crippen molar-refractivity contribution >= 4 is 34.9 Å². The molecule has 0 saturated heterocycles. The van der Waals surface area contributed by atoms with Gasteiger partial charge in [0.05, 0.1) is 27.5 Å². The Morgan fingerprint density at radius 2 is 1.21 bits per heavy atom. The van der Waals surface area contributed by atoms with E-state index in [0.29, 0.717) is 24.2 Å². The monoisotopic (exact) mass is 538 g/mol. The number of aromatic hydroxyl groups is 1. The number of rotatable bonds is 12. The summed E-state index contributed by atoms with van der Waals surface area (Å²) in [7, 11) is 0. The molecule has 0 radical (unpaired) electrons. The van der Waals surface area contributed by atoms with Gasteiger partial charge in [0.1, 0.15) is 19.0 Å². The highest BCUT2D eigenvalue weighted by Crippen LogP contribution is 2.39. The average molecular weight is 539 g/mol. The normalized spacial score (nSPS) is 12.9. The van der Waals surface area contributed by atoms with Gasteiger partial charge in [-0.25, -0.2) is 0 Å². The van der Waals surface area contributed by atoms with Gasteiger partial charge in [-0.3, -0.25) is 19.2 Å². The van der Waals surface area contributed by atoms with E-state index in [9.17, 15) is 24.3 Å². The maximum atomic E-state index is 13.6. The van der Waals surface area contributed by atoms with Gasteiger partial charge in [0.25, 0.3) is 0 Å². The molecule has 2 aromatic carbocycles. The summed E-state index contributed by atoms with van der Waals surface area (Å²) in [6, 6.07) is 7.71. The minimum absolute atomic E-state index is 0.0537. The minimum atomic E-state index is -0.600. The number of ether oxygens (including phenoxy) is 2. The maximum Gasteiger partial charge on any atom is 0.311 e. The molecule has 0 fully saturated rings. The third-order valence-electron chi connectivity index (χ3n) is 7.35. The highest BCUT2D eigenvalue weighted by Gasteiger charge is 2.36. The van der Waals surface area contributed by atoms with Crippen LogP contribution in [0.3, 0.4) is 0 Å². The molecule has 1 aliphatic carbocycles. The first kappa shape index (κ1) is 29.7. The van der Waals surface area contributed by atoms with Crippen LogP contribution < -0.4 is 10.6 Å². The lowest BCUT2D eigenvalue weighted by atomic mass is 9.81. The number of carbonyl (C=O) groups excluding carboxylic acids is 4. The molecule has 9 heteroatoms. The van der Waals surface area contributed by atoms with E-state index < -0.39 is 22.4 Å². The van der Waals surface area contributed by atoms with Crippen molar-refractivity contribution in [2.24, 2.45) is 10.8 Å². The third kappa shape index (κ3) is 6.24. The van der Waals surface area contributed by atoms with Crippen molar-refractivity contribution in [2.45, 2.75) is 54.4 Å². The van der Waals surface area contributed by atoms with Crippen LogP contribution in [0.25, 0.3) is 0 Å². The number of nitrogens with one attached hydrogen (secondary N) is 2. The van der Waals surface area contributed by atoms with Crippen LogP contribution in [-0.4, -0.2) is 54.9 Å². The minimum Gasteiger partial charge on any atom is -0.507 e. The lowest BCUT2D eigenvalue weighted by molar-refractivity contribution is -0.154. The maximum absolute atomic E-state index is 13.6. The van der Waals surface area contributed by atoms with Gasteiger partial charge in [0, 0.05) is 30.0 Å². The van der Waals surface area contributed by atoms with E-state index in [1.54, 1.807) is 12.1 Å². The van der Waals surface area contributed by atoms with Crippen LogP contribution >= 0.6 is 0 Å². The molecule has 3 N–H and O–H groups in total. The van der Waals surface area contributed by atoms with Crippen LogP contribution in [-0.2, 0) is 19.1 Å². The first-order chi connectivity index (χ1) is 18.4.